The second kappa shape index (κ2) is 7.83. The Kier molecular flexibility index (Phi) is 5.53. The molecule has 0 saturated carbocycles. The summed E-state index contributed by atoms with van der Waals surface area (Å²) in [6.07, 6.45) is 6.17. The van der Waals surface area contributed by atoms with Crippen LogP contribution < -0.4 is 5.32 Å². The predicted octanol–water partition coefficient (Wildman–Crippen LogP) is 2.92. The number of carbonyl (C=O) groups is 1. The third kappa shape index (κ3) is 4.28. The number of hydrogen-bond donors (Lipinski definition) is 1. The summed E-state index contributed by atoms with van der Waals surface area (Å²) in [5.74, 6) is 0.0877. The Bertz CT molecular complexity index is 695. The van der Waals surface area contributed by atoms with Crippen LogP contribution in [-0.2, 0) is 11.3 Å². The molecule has 1 fully saturated rings. The lowest BCUT2D eigenvalue weighted by atomic mass is 10.0. The van der Waals surface area contributed by atoms with Crippen molar-refractivity contribution < 1.29 is 4.79 Å². The van der Waals surface area contributed by atoms with Gasteiger partial charge in [-0.15, -0.1) is 0 Å². The minimum absolute atomic E-state index is 0.0877. The van der Waals surface area contributed by atoms with Gasteiger partial charge in [-0.25, -0.2) is 0 Å². The molecule has 1 aliphatic heterocycles. The summed E-state index contributed by atoms with van der Waals surface area (Å²) in [5.41, 5.74) is 2.23. The molecule has 0 radical (unpaired) electrons. The fourth-order valence-electron chi connectivity index (χ4n) is 3.67. The molecule has 5 nitrogen and oxygen atoms in total. The van der Waals surface area contributed by atoms with Gasteiger partial charge in [0.2, 0.25) is 5.91 Å². The van der Waals surface area contributed by atoms with E-state index in [1.807, 2.05) is 42.9 Å². The highest BCUT2D eigenvalue weighted by Gasteiger charge is 2.36. The van der Waals surface area contributed by atoms with E-state index in [0.717, 1.165) is 31.5 Å². The van der Waals surface area contributed by atoms with Crippen LogP contribution in [0.1, 0.15) is 43.9 Å². The molecule has 2 heterocycles. The van der Waals surface area contributed by atoms with Gasteiger partial charge in [0.25, 0.3) is 0 Å². The molecule has 25 heavy (non-hydrogen) atoms. The van der Waals surface area contributed by atoms with Crippen LogP contribution in [0.4, 0.5) is 0 Å². The second-order valence-electron chi connectivity index (χ2n) is 7.25. The number of rotatable bonds is 6. The van der Waals surface area contributed by atoms with Gasteiger partial charge >= 0.3 is 0 Å². The number of likely N-dealkylation sites (tertiary alicyclic amines) is 1. The van der Waals surface area contributed by atoms with Gasteiger partial charge in [0.05, 0.1) is 12.7 Å². The molecule has 5 heteroatoms. The van der Waals surface area contributed by atoms with Crippen LogP contribution in [-0.4, -0.2) is 39.2 Å². The summed E-state index contributed by atoms with van der Waals surface area (Å²) in [6.45, 7) is 7.84. The molecule has 2 atom stereocenters. The Morgan fingerprint density at radius 2 is 2.08 bits per heavy atom. The normalized spacial score (nSPS) is 19.3. The zero-order chi connectivity index (χ0) is 17.8. The third-order valence-electron chi connectivity index (χ3n) is 4.71. The molecule has 0 unspecified atom stereocenters. The number of hydrogen-bond acceptors (Lipinski definition) is 3. The van der Waals surface area contributed by atoms with Crippen molar-refractivity contribution in [1.82, 2.24) is 20.0 Å². The van der Waals surface area contributed by atoms with Crippen LogP contribution in [0, 0.1) is 6.92 Å². The van der Waals surface area contributed by atoms with E-state index in [0.29, 0.717) is 6.04 Å². The molecule has 0 aliphatic carbocycles. The van der Waals surface area contributed by atoms with Crippen LogP contribution in [0.5, 0.6) is 0 Å². The number of amides is 1. The topological polar surface area (TPSA) is 50.2 Å². The fraction of sp³-hybridized carbons (Fsp3) is 0.500. The number of benzene rings is 1. The van der Waals surface area contributed by atoms with Gasteiger partial charge in [0, 0.05) is 18.3 Å². The van der Waals surface area contributed by atoms with E-state index in [1.165, 1.54) is 5.56 Å². The summed E-state index contributed by atoms with van der Waals surface area (Å²) < 4.78 is 2.00. The summed E-state index contributed by atoms with van der Waals surface area (Å²) in [4.78, 5) is 15.3. The van der Waals surface area contributed by atoms with Crippen molar-refractivity contribution in [1.29, 1.82) is 0 Å². The predicted molar refractivity (Wildman–Crippen MR) is 99.2 cm³/mol. The zero-order valence-electron chi connectivity index (χ0n) is 15.4. The SMILES string of the molecule is Cc1cnn(C[C@@H]2CCCN2[C@@H](C(=O)NC(C)C)c2ccccc2)c1. The van der Waals surface area contributed by atoms with Crippen molar-refractivity contribution in [2.45, 2.75) is 58.3 Å². The van der Waals surface area contributed by atoms with Crippen LogP contribution in [0.2, 0.25) is 0 Å². The molecule has 1 amide bonds. The van der Waals surface area contributed by atoms with Gasteiger partial charge in [0.1, 0.15) is 6.04 Å². The average Bonchev–Trinajstić information content (AvgIpc) is 3.18. The number of nitrogens with one attached hydrogen (secondary N) is 1. The van der Waals surface area contributed by atoms with E-state index in [-0.39, 0.29) is 18.0 Å². The van der Waals surface area contributed by atoms with E-state index in [2.05, 4.69) is 40.6 Å². The average molecular weight is 340 g/mol. The highest BCUT2D eigenvalue weighted by molar-refractivity contribution is 5.83. The zero-order valence-corrected chi connectivity index (χ0v) is 15.4. The first-order chi connectivity index (χ1) is 12.0. The maximum Gasteiger partial charge on any atom is 0.242 e. The lowest BCUT2D eigenvalue weighted by Gasteiger charge is -2.33. The highest BCUT2D eigenvalue weighted by Crippen LogP contribution is 2.30. The van der Waals surface area contributed by atoms with Crippen molar-refractivity contribution in [3.8, 4) is 0 Å². The lowest BCUT2D eigenvalue weighted by Crippen LogP contribution is -2.45. The summed E-state index contributed by atoms with van der Waals surface area (Å²) in [7, 11) is 0. The Hall–Kier alpha value is -2.14. The molecule has 1 aromatic carbocycles. The number of aryl methyl sites for hydroxylation is 1. The molecular weight excluding hydrogens is 312 g/mol. The molecule has 0 spiro atoms. The maximum absolute atomic E-state index is 13.0. The highest BCUT2D eigenvalue weighted by atomic mass is 16.2. The van der Waals surface area contributed by atoms with Crippen LogP contribution in [0.25, 0.3) is 0 Å². The summed E-state index contributed by atoms with van der Waals surface area (Å²) in [5, 5.41) is 7.53. The van der Waals surface area contributed by atoms with Crippen molar-refractivity contribution in [3.05, 3.63) is 53.9 Å². The van der Waals surface area contributed by atoms with E-state index < -0.39 is 0 Å². The van der Waals surface area contributed by atoms with Crippen LogP contribution >= 0.6 is 0 Å². The van der Waals surface area contributed by atoms with Gasteiger partial charge in [-0.1, -0.05) is 30.3 Å². The first kappa shape index (κ1) is 17.7. The van der Waals surface area contributed by atoms with Gasteiger partial charge in [0.15, 0.2) is 0 Å². The van der Waals surface area contributed by atoms with Crippen LogP contribution in [0.3, 0.4) is 0 Å². The molecule has 2 aromatic rings. The van der Waals surface area contributed by atoms with E-state index >= 15 is 0 Å². The number of nitrogens with zero attached hydrogens (tertiary/aromatic N) is 3. The Morgan fingerprint density at radius 1 is 1.32 bits per heavy atom. The van der Waals surface area contributed by atoms with Crippen LogP contribution in [0.15, 0.2) is 42.7 Å². The van der Waals surface area contributed by atoms with E-state index in [9.17, 15) is 4.79 Å². The molecule has 3 rings (SSSR count). The largest absolute Gasteiger partial charge is 0.352 e. The Morgan fingerprint density at radius 3 is 2.72 bits per heavy atom. The van der Waals surface area contributed by atoms with Gasteiger partial charge in [-0.2, -0.15) is 5.10 Å². The monoisotopic (exact) mass is 340 g/mol. The molecule has 0 bridgehead atoms. The fourth-order valence-corrected chi connectivity index (χ4v) is 3.67. The van der Waals surface area contributed by atoms with Crippen molar-refractivity contribution >= 4 is 5.91 Å². The third-order valence-corrected chi connectivity index (χ3v) is 4.71. The smallest absolute Gasteiger partial charge is 0.242 e. The van der Waals surface area contributed by atoms with Gasteiger partial charge in [-0.3, -0.25) is 14.4 Å². The maximum atomic E-state index is 13.0. The molecule has 134 valence electrons. The second-order valence-corrected chi connectivity index (χ2v) is 7.25. The van der Waals surface area contributed by atoms with Crippen molar-refractivity contribution in [2.75, 3.05) is 6.54 Å². The summed E-state index contributed by atoms with van der Waals surface area (Å²) >= 11 is 0. The van der Waals surface area contributed by atoms with Crippen molar-refractivity contribution in [3.63, 3.8) is 0 Å². The molecule has 1 aromatic heterocycles. The minimum Gasteiger partial charge on any atom is -0.352 e. The van der Waals surface area contributed by atoms with Crippen molar-refractivity contribution in [2.24, 2.45) is 0 Å². The summed E-state index contributed by atoms with van der Waals surface area (Å²) in [6, 6.07) is 10.3. The first-order valence-electron chi connectivity index (χ1n) is 9.14. The standard InChI is InChI=1S/C20H28N4O/c1-15(2)22-20(25)19(17-8-5-4-6-9-17)24-11-7-10-18(24)14-23-13-16(3)12-21-23/h4-6,8-9,12-13,15,18-19H,7,10-11,14H2,1-3H3,(H,22,25)/t18-,19+/m0/s1. The molecule has 1 saturated heterocycles. The Balaban J connectivity index is 1.84. The molecular formula is C20H28N4O. The lowest BCUT2D eigenvalue weighted by molar-refractivity contribution is -0.127. The van der Waals surface area contributed by atoms with Gasteiger partial charge in [-0.05, 0) is 51.3 Å². The Labute approximate surface area is 150 Å². The minimum atomic E-state index is -0.243. The number of carbonyl (C=O) groups excluding carboxylic acids is 1. The molecule has 1 aliphatic rings. The molecule has 1 N–H and O–H groups in total. The van der Waals surface area contributed by atoms with E-state index in [4.69, 9.17) is 0 Å². The quantitative estimate of drug-likeness (QED) is 0.880. The van der Waals surface area contributed by atoms with Gasteiger partial charge < -0.3 is 5.32 Å². The van der Waals surface area contributed by atoms with E-state index in [1.54, 1.807) is 0 Å². The first-order valence-corrected chi connectivity index (χ1v) is 9.14. The number of aromatic nitrogens is 2.